The molecule has 6 nitrogen and oxygen atoms in total. The molecular formula is C17H24F3N3O3. The third kappa shape index (κ3) is 3.27. The van der Waals surface area contributed by atoms with Crippen LogP contribution < -0.4 is 10.6 Å². The molecule has 0 bridgehead atoms. The number of alkyl halides is 3. The summed E-state index contributed by atoms with van der Waals surface area (Å²) in [6, 6.07) is -1.63. The lowest BCUT2D eigenvalue weighted by Crippen LogP contribution is -2.70. The number of hydrogen-bond donors (Lipinski definition) is 2. The Bertz CT molecular complexity index is 584. The number of nitrogens with one attached hydrogen (secondary N) is 2. The van der Waals surface area contributed by atoms with Crippen LogP contribution in [0.15, 0.2) is 0 Å². The van der Waals surface area contributed by atoms with Crippen molar-refractivity contribution in [3.63, 3.8) is 0 Å². The van der Waals surface area contributed by atoms with E-state index in [1.165, 1.54) is 0 Å². The fourth-order valence-corrected chi connectivity index (χ4v) is 4.22. The van der Waals surface area contributed by atoms with Gasteiger partial charge in [0.2, 0.25) is 5.91 Å². The van der Waals surface area contributed by atoms with Gasteiger partial charge < -0.3 is 5.32 Å². The molecule has 9 heteroatoms. The average Bonchev–Trinajstić information content (AvgIpc) is 2.87. The van der Waals surface area contributed by atoms with Gasteiger partial charge in [-0.05, 0) is 25.7 Å². The van der Waals surface area contributed by atoms with Crippen LogP contribution in [0.4, 0.5) is 18.0 Å². The zero-order valence-corrected chi connectivity index (χ0v) is 14.5. The predicted octanol–water partition coefficient (Wildman–Crippen LogP) is 2.83. The van der Waals surface area contributed by atoms with Crippen molar-refractivity contribution in [3.8, 4) is 0 Å². The lowest BCUT2D eigenvalue weighted by Gasteiger charge is -2.33. The molecule has 1 heterocycles. The molecule has 2 saturated carbocycles. The van der Waals surface area contributed by atoms with Gasteiger partial charge in [-0.25, -0.2) is 4.79 Å². The molecule has 26 heavy (non-hydrogen) atoms. The van der Waals surface area contributed by atoms with Gasteiger partial charge in [-0.1, -0.05) is 38.5 Å². The SMILES string of the molecule is O=C(NC1(C(F)(F)F)NC(=O)N(C2CCCCC2)C1=O)C1CCCCC1. The molecule has 0 aromatic heterocycles. The van der Waals surface area contributed by atoms with Crippen LogP contribution in [0.25, 0.3) is 0 Å². The van der Waals surface area contributed by atoms with E-state index >= 15 is 0 Å². The Balaban J connectivity index is 1.84. The summed E-state index contributed by atoms with van der Waals surface area (Å²) in [5, 5.41) is 3.62. The molecule has 146 valence electrons. The quantitative estimate of drug-likeness (QED) is 0.745. The third-order valence-electron chi connectivity index (χ3n) is 5.70. The van der Waals surface area contributed by atoms with E-state index in [2.05, 4.69) is 0 Å². The van der Waals surface area contributed by atoms with Crippen molar-refractivity contribution in [2.24, 2.45) is 5.92 Å². The van der Waals surface area contributed by atoms with E-state index in [4.69, 9.17) is 0 Å². The van der Waals surface area contributed by atoms with Crippen LogP contribution in [0.3, 0.4) is 0 Å². The second-order valence-electron chi connectivity index (χ2n) is 7.47. The minimum atomic E-state index is -5.12. The molecule has 3 rings (SSSR count). The number of nitrogens with zero attached hydrogens (tertiary/aromatic N) is 1. The maximum Gasteiger partial charge on any atom is 0.440 e. The van der Waals surface area contributed by atoms with Gasteiger partial charge in [0, 0.05) is 12.0 Å². The van der Waals surface area contributed by atoms with Crippen LogP contribution in [-0.4, -0.2) is 40.6 Å². The Morgan fingerprint density at radius 2 is 1.54 bits per heavy atom. The number of imide groups is 1. The molecule has 3 fully saturated rings. The molecule has 1 atom stereocenters. The molecule has 4 amide bonds. The van der Waals surface area contributed by atoms with Gasteiger partial charge in [0.15, 0.2) is 0 Å². The highest BCUT2D eigenvalue weighted by molar-refractivity contribution is 6.09. The summed E-state index contributed by atoms with van der Waals surface area (Å²) in [5.41, 5.74) is -3.35. The molecule has 0 radical (unpaired) electrons. The maximum absolute atomic E-state index is 13.8. The van der Waals surface area contributed by atoms with Gasteiger partial charge in [0.05, 0.1) is 0 Å². The van der Waals surface area contributed by atoms with Crippen molar-refractivity contribution in [1.29, 1.82) is 0 Å². The first kappa shape index (κ1) is 19.0. The van der Waals surface area contributed by atoms with E-state index in [0.717, 1.165) is 38.5 Å². The zero-order chi connectivity index (χ0) is 18.9. The molecule has 2 N–H and O–H groups in total. The summed E-state index contributed by atoms with van der Waals surface area (Å²) in [4.78, 5) is 38.0. The molecule has 3 aliphatic rings. The number of amides is 4. The van der Waals surface area contributed by atoms with Crippen molar-refractivity contribution >= 4 is 17.8 Å². The monoisotopic (exact) mass is 375 g/mol. The van der Waals surface area contributed by atoms with Crippen molar-refractivity contribution in [2.75, 3.05) is 0 Å². The zero-order valence-electron chi connectivity index (χ0n) is 14.5. The highest BCUT2D eigenvalue weighted by Crippen LogP contribution is 2.37. The van der Waals surface area contributed by atoms with Gasteiger partial charge in [-0.2, -0.15) is 13.2 Å². The van der Waals surface area contributed by atoms with Crippen LogP contribution in [0.1, 0.15) is 64.2 Å². The second-order valence-corrected chi connectivity index (χ2v) is 7.47. The fourth-order valence-electron chi connectivity index (χ4n) is 4.22. The second kappa shape index (κ2) is 7.08. The molecule has 2 aliphatic carbocycles. The van der Waals surface area contributed by atoms with Crippen LogP contribution in [0.2, 0.25) is 0 Å². The predicted molar refractivity (Wildman–Crippen MR) is 85.8 cm³/mol. The largest absolute Gasteiger partial charge is 0.440 e. The van der Waals surface area contributed by atoms with Crippen LogP contribution >= 0.6 is 0 Å². The van der Waals surface area contributed by atoms with Crippen LogP contribution in [-0.2, 0) is 9.59 Å². The third-order valence-corrected chi connectivity index (χ3v) is 5.70. The normalized spacial score (nSPS) is 29.0. The maximum atomic E-state index is 13.8. The van der Waals surface area contributed by atoms with E-state index in [9.17, 15) is 27.6 Å². The van der Waals surface area contributed by atoms with Gasteiger partial charge >= 0.3 is 12.2 Å². The first-order chi connectivity index (χ1) is 12.3. The van der Waals surface area contributed by atoms with E-state index in [-0.39, 0.29) is 0 Å². The summed E-state index contributed by atoms with van der Waals surface area (Å²) >= 11 is 0. The van der Waals surface area contributed by atoms with Crippen molar-refractivity contribution in [2.45, 2.75) is 82.1 Å². The lowest BCUT2D eigenvalue weighted by molar-refractivity contribution is -0.205. The number of carbonyl (C=O) groups excluding carboxylic acids is 3. The van der Waals surface area contributed by atoms with Gasteiger partial charge in [-0.15, -0.1) is 0 Å². The topological polar surface area (TPSA) is 78.5 Å². The van der Waals surface area contributed by atoms with Crippen molar-refractivity contribution < 1.29 is 27.6 Å². The summed E-state index contributed by atoms with van der Waals surface area (Å²) < 4.78 is 41.5. The van der Waals surface area contributed by atoms with E-state index in [1.807, 2.05) is 5.32 Å². The fraction of sp³-hybridized carbons (Fsp3) is 0.824. The summed E-state index contributed by atoms with van der Waals surface area (Å²) in [6.45, 7) is 0. The first-order valence-corrected chi connectivity index (χ1v) is 9.31. The Kier molecular flexibility index (Phi) is 5.16. The molecule has 1 aliphatic heterocycles. The van der Waals surface area contributed by atoms with Gasteiger partial charge in [-0.3, -0.25) is 19.8 Å². The van der Waals surface area contributed by atoms with Gasteiger partial charge in [0.25, 0.3) is 11.6 Å². The van der Waals surface area contributed by atoms with E-state index in [0.29, 0.717) is 30.6 Å². The van der Waals surface area contributed by atoms with Crippen molar-refractivity contribution in [1.82, 2.24) is 15.5 Å². The molecular weight excluding hydrogens is 351 g/mol. The Morgan fingerprint density at radius 1 is 1.00 bits per heavy atom. The van der Waals surface area contributed by atoms with Crippen LogP contribution in [0.5, 0.6) is 0 Å². The summed E-state index contributed by atoms with van der Waals surface area (Å²) in [6.07, 6.45) is 1.78. The van der Waals surface area contributed by atoms with E-state index in [1.54, 1.807) is 5.32 Å². The molecule has 1 unspecified atom stereocenters. The molecule has 0 aromatic rings. The minimum absolute atomic E-state index is 0.490. The first-order valence-electron chi connectivity index (χ1n) is 9.31. The smallest absolute Gasteiger partial charge is 0.318 e. The Morgan fingerprint density at radius 3 is 2.08 bits per heavy atom. The van der Waals surface area contributed by atoms with Crippen molar-refractivity contribution in [3.05, 3.63) is 0 Å². The molecule has 1 saturated heterocycles. The molecule has 0 spiro atoms. The number of hydrogen-bond acceptors (Lipinski definition) is 3. The summed E-state index contributed by atoms with van der Waals surface area (Å²) in [5.74, 6) is -2.79. The number of carbonyl (C=O) groups is 3. The van der Waals surface area contributed by atoms with Crippen LogP contribution in [0, 0.1) is 5.92 Å². The highest BCUT2D eigenvalue weighted by Gasteiger charge is 2.69. The van der Waals surface area contributed by atoms with E-state index < -0.39 is 41.6 Å². The number of halogens is 3. The molecule has 0 aromatic carbocycles. The number of rotatable bonds is 3. The average molecular weight is 375 g/mol. The lowest BCUT2D eigenvalue weighted by atomic mass is 9.88. The number of urea groups is 1. The highest BCUT2D eigenvalue weighted by atomic mass is 19.4. The standard InChI is InChI=1S/C17H24F3N3O3/c18-17(19,20)16(21-13(24)11-7-3-1-4-8-11)14(25)23(15(26)22-16)12-9-5-2-6-10-12/h11-12H,1-10H2,(H,21,24)(H,22,26). The Hall–Kier alpha value is -1.80. The summed E-state index contributed by atoms with van der Waals surface area (Å²) in [7, 11) is 0. The Labute approximate surface area is 149 Å². The minimum Gasteiger partial charge on any atom is -0.318 e. The van der Waals surface area contributed by atoms with Gasteiger partial charge in [0.1, 0.15) is 0 Å².